The van der Waals surface area contributed by atoms with E-state index in [1.807, 2.05) is 0 Å². The Bertz CT molecular complexity index is 1160. The third-order valence-corrected chi connectivity index (χ3v) is 8.16. The van der Waals surface area contributed by atoms with Gasteiger partial charge in [-0.1, -0.05) is 0 Å². The number of nitrogens with zero attached hydrogens (tertiary/aromatic N) is 4. The van der Waals surface area contributed by atoms with Crippen molar-refractivity contribution >= 4 is 53.1 Å². The Kier molecular flexibility index (Phi) is 6.90. The summed E-state index contributed by atoms with van der Waals surface area (Å²) in [5, 5.41) is 7.38. The summed E-state index contributed by atoms with van der Waals surface area (Å²) in [4.78, 5) is 47.1. The van der Waals surface area contributed by atoms with Crippen LogP contribution in [0, 0.1) is 0 Å². The number of ether oxygens (including phenoxy) is 1. The Hall–Kier alpha value is -1.04. The van der Waals surface area contributed by atoms with Gasteiger partial charge in [0.05, 0.1) is 12.9 Å². The van der Waals surface area contributed by atoms with Gasteiger partial charge in [0.1, 0.15) is 24.1 Å². The van der Waals surface area contributed by atoms with Crippen molar-refractivity contribution in [3.8, 4) is 0 Å². The number of anilines is 1. The SMILES string of the molecule is Nc1ncnc2c1ncn2[C@@H]1O[C@H](COP(=O)(O)OP(=O)(O)OP(=O)(O)O)[C@@H](O)[C@@]1(F)S. The molecule has 0 aromatic carbocycles. The van der Waals surface area contributed by atoms with Crippen LogP contribution in [0.1, 0.15) is 6.23 Å². The maximum atomic E-state index is 15.1. The van der Waals surface area contributed by atoms with Crippen molar-refractivity contribution in [2.45, 2.75) is 23.4 Å². The minimum absolute atomic E-state index is 0.0133. The maximum Gasteiger partial charge on any atom is 0.490 e. The molecule has 7 N–H and O–H groups in total. The monoisotopic (exact) mass is 541 g/mol. The van der Waals surface area contributed by atoms with Gasteiger partial charge < -0.3 is 35.2 Å². The number of nitrogen functional groups attached to an aromatic ring is 1. The zero-order valence-corrected chi connectivity index (χ0v) is 18.8. The molecule has 0 aliphatic carbocycles. The number of thiol groups is 1. The minimum Gasteiger partial charge on any atom is -0.386 e. The summed E-state index contributed by atoms with van der Waals surface area (Å²) in [5.41, 5.74) is 5.75. The number of hydrogen-bond donors (Lipinski definition) is 7. The normalized spacial score (nSPS) is 30.3. The fraction of sp³-hybridized carbons (Fsp3) is 0.500. The smallest absolute Gasteiger partial charge is 0.386 e. The lowest BCUT2D eigenvalue weighted by atomic mass is 10.1. The predicted octanol–water partition coefficient (Wildman–Crippen LogP) is -0.394. The fourth-order valence-corrected chi connectivity index (χ4v) is 6.03. The molecule has 17 nitrogen and oxygen atoms in total. The number of hydrogen-bond acceptors (Lipinski definition) is 13. The van der Waals surface area contributed by atoms with Crippen molar-refractivity contribution in [1.29, 1.82) is 0 Å². The van der Waals surface area contributed by atoms with E-state index < -0.39 is 53.5 Å². The van der Waals surface area contributed by atoms with Crippen LogP contribution < -0.4 is 5.73 Å². The number of imidazole rings is 1. The molecule has 0 radical (unpaired) electrons. The number of halogens is 1. The topological polar surface area (TPSA) is 259 Å². The van der Waals surface area contributed by atoms with Gasteiger partial charge in [-0.15, -0.1) is 12.6 Å². The average molecular weight is 541 g/mol. The van der Waals surface area contributed by atoms with Crippen molar-refractivity contribution in [3.05, 3.63) is 12.7 Å². The standard InChI is InChI=1S/C10H15FN5O12P3S/c11-10(32)6(17)4(1-25-30(21,22)28-31(23,24)27-29(18,19)20)26-9(10)16-3-15-5-7(12)13-2-14-8(5)16/h2-4,6,9,17,32H,1H2,(H,21,22)(H,23,24)(H2,12,13,14)(H2,18,19,20)/t4-,6-,9-,10-/m1/s1. The Balaban J connectivity index is 1.74. The van der Waals surface area contributed by atoms with Crippen LogP contribution in [-0.4, -0.2) is 68.0 Å². The van der Waals surface area contributed by atoms with Crippen LogP contribution in [0.2, 0.25) is 0 Å². The molecule has 32 heavy (non-hydrogen) atoms. The molecule has 0 bridgehead atoms. The van der Waals surface area contributed by atoms with Gasteiger partial charge in [0.2, 0.25) is 5.00 Å². The van der Waals surface area contributed by atoms with Crippen molar-refractivity contribution in [3.63, 3.8) is 0 Å². The zero-order chi connectivity index (χ0) is 24.1. The molecule has 180 valence electrons. The number of aromatic nitrogens is 4. The summed E-state index contributed by atoms with van der Waals surface area (Å²) in [6.45, 7) is -1.10. The van der Waals surface area contributed by atoms with Crippen molar-refractivity contribution in [2.75, 3.05) is 12.3 Å². The van der Waals surface area contributed by atoms with E-state index in [0.29, 0.717) is 0 Å². The lowest BCUT2D eigenvalue weighted by molar-refractivity contribution is -0.0466. The summed E-state index contributed by atoms with van der Waals surface area (Å²) in [7, 11) is -16.9. The third-order valence-electron chi connectivity index (χ3n) is 3.87. The summed E-state index contributed by atoms with van der Waals surface area (Å²) in [6, 6.07) is 0. The van der Waals surface area contributed by atoms with Gasteiger partial charge >= 0.3 is 23.5 Å². The number of alkyl halides is 1. The second-order valence-electron chi connectivity index (χ2n) is 6.17. The zero-order valence-electron chi connectivity index (χ0n) is 15.2. The van der Waals surface area contributed by atoms with Crippen LogP contribution in [0.15, 0.2) is 12.7 Å². The molecular formula is C10H15FN5O12P3S. The van der Waals surface area contributed by atoms with Crippen LogP contribution in [0.25, 0.3) is 11.2 Å². The summed E-state index contributed by atoms with van der Waals surface area (Å²) >= 11 is 3.74. The van der Waals surface area contributed by atoms with Crippen LogP contribution >= 0.6 is 36.1 Å². The predicted molar refractivity (Wildman–Crippen MR) is 102 cm³/mol. The summed E-state index contributed by atoms with van der Waals surface area (Å²) in [5.74, 6) is -0.0277. The van der Waals surface area contributed by atoms with Crippen LogP contribution in [0.3, 0.4) is 0 Å². The number of phosphoric ester groups is 1. The Labute approximate surface area is 182 Å². The number of fused-ring (bicyclic) bond motifs is 1. The van der Waals surface area contributed by atoms with E-state index in [1.165, 1.54) is 0 Å². The molecule has 3 rings (SSSR count). The number of aliphatic hydroxyl groups excluding tert-OH is 1. The highest BCUT2D eigenvalue weighted by Gasteiger charge is 2.57. The molecule has 6 atom stereocenters. The Morgan fingerprint density at radius 1 is 1.19 bits per heavy atom. The molecule has 3 heterocycles. The molecular weight excluding hydrogens is 526 g/mol. The van der Waals surface area contributed by atoms with Gasteiger partial charge in [-0.3, -0.25) is 9.09 Å². The van der Waals surface area contributed by atoms with Gasteiger partial charge in [-0.2, -0.15) is 8.62 Å². The largest absolute Gasteiger partial charge is 0.490 e. The van der Waals surface area contributed by atoms with E-state index in [9.17, 15) is 23.7 Å². The lowest BCUT2D eigenvalue weighted by Crippen LogP contribution is -2.38. The number of phosphoric acid groups is 3. The van der Waals surface area contributed by atoms with Crippen molar-refractivity contribution in [2.24, 2.45) is 0 Å². The first-order chi connectivity index (χ1) is 14.5. The molecule has 2 aromatic heterocycles. The molecule has 2 aromatic rings. The molecule has 0 amide bonds. The van der Waals surface area contributed by atoms with Gasteiger partial charge in [-0.25, -0.2) is 33.0 Å². The average Bonchev–Trinajstić information content (AvgIpc) is 3.11. The third kappa shape index (κ3) is 5.53. The number of aliphatic hydroxyl groups is 1. The molecule has 1 aliphatic rings. The first-order valence-corrected chi connectivity index (χ1v) is 13.0. The van der Waals surface area contributed by atoms with Crippen molar-refractivity contribution < 1.29 is 60.6 Å². The number of nitrogens with two attached hydrogens (primary N) is 1. The highest BCUT2D eigenvalue weighted by atomic mass is 32.1. The number of rotatable bonds is 8. The van der Waals surface area contributed by atoms with Crippen molar-refractivity contribution in [1.82, 2.24) is 19.5 Å². The second-order valence-corrected chi connectivity index (χ2v) is 11.3. The second kappa shape index (κ2) is 8.63. The summed E-state index contributed by atoms with van der Waals surface area (Å²) < 4.78 is 66.7. The Morgan fingerprint density at radius 3 is 2.47 bits per heavy atom. The van der Waals surface area contributed by atoms with Gasteiger partial charge in [0, 0.05) is 0 Å². The molecule has 22 heteroatoms. The quantitative estimate of drug-likeness (QED) is 0.166. The van der Waals surface area contributed by atoms with Gasteiger partial charge in [-0.05, 0) is 0 Å². The molecule has 0 saturated carbocycles. The van der Waals surface area contributed by atoms with E-state index in [4.69, 9.17) is 25.2 Å². The van der Waals surface area contributed by atoms with Gasteiger partial charge in [0.15, 0.2) is 17.7 Å². The molecule has 0 spiro atoms. The van der Waals surface area contributed by atoms with Gasteiger partial charge in [0.25, 0.3) is 0 Å². The van der Waals surface area contributed by atoms with E-state index in [-0.39, 0.29) is 17.0 Å². The maximum absolute atomic E-state index is 15.1. The van der Waals surface area contributed by atoms with Crippen LogP contribution in [-0.2, 0) is 31.6 Å². The molecule has 1 fully saturated rings. The molecule has 2 unspecified atom stereocenters. The summed E-state index contributed by atoms with van der Waals surface area (Å²) in [6.07, 6.45) is -3.34. The van der Waals surface area contributed by atoms with E-state index >= 15 is 4.39 Å². The van der Waals surface area contributed by atoms with E-state index in [2.05, 4.69) is 40.7 Å². The highest BCUT2D eigenvalue weighted by Crippen LogP contribution is 2.66. The first-order valence-electron chi connectivity index (χ1n) is 7.98. The van der Waals surface area contributed by atoms with Crippen LogP contribution in [0.5, 0.6) is 0 Å². The van der Waals surface area contributed by atoms with E-state index in [0.717, 1.165) is 17.2 Å². The highest BCUT2D eigenvalue weighted by molar-refractivity contribution is 7.81. The molecule has 1 saturated heterocycles. The molecule has 1 aliphatic heterocycles. The first kappa shape index (κ1) is 25.6. The minimum atomic E-state index is -5.75. The Morgan fingerprint density at radius 2 is 1.84 bits per heavy atom. The lowest BCUT2D eigenvalue weighted by Gasteiger charge is -2.23. The van der Waals surface area contributed by atoms with E-state index in [1.54, 1.807) is 0 Å². The van der Waals surface area contributed by atoms with Crippen LogP contribution in [0.4, 0.5) is 10.2 Å². The fourth-order valence-electron chi connectivity index (χ4n) is 2.65.